The number of hydrogen-bond acceptors (Lipinski definition) is 2. The largest absolute Gasteiger partial charge is 0.464 e. The highest BCUT2D eigenvalue weighted by Crippen LogP contribution is 2.12. The number of fused-ring (bicyclic) bond motifs is 1. The second-order valence-corrected chi connectivity index (χ2v) is 9.92. The van der Waals surface area contributed by atoms with Gasteiger partial charge in [-0.3, -0.25) is 0 Å². The van der Waals surface area contributed by atoms with Crippen molar-refractivity contribution in [1.29, 1.82) is 0 Å². The zero-order valence-electron chi connectivity index (χ0n) is 27.8. The molecule has 0 bridgehead atoms. The Bertz CT molecular complexity index is 703. The Morgan fingerprint density at radius 2 is 0.750 bits per heavy atom. The molecule has 0 aliphatic carbocycles. The average molecular weight is 577 g/mol. The van der Waals surface area contributed by atoms with Crippen LogP contribution in [0.4, 0.5) is 0 Å². The number of hydrogen-bond donors (Lipinski definition) is 0. The van der Waals surface area contributed by atoms with Gasteiger partial charge in [0.15, 0.2) is 0 Å². The highest BCUT2D eigenvalue weighted by molar-refractivity contribution is 7.07. The predicted molar refractivity (Wildman–Crippen MR) is 196 cm³/mol. The topological polar surface area (TPSA) is 13.1 Å². The minimum Gasteiger partial charge on any atom is -0.464 e. The SMILES string of the molecule is C.C.CC.CC.CC.CC(C)C.CC(C)C.CC(C)C.c1ccc2occc2c1.c1ccccc1.c1ccsc1. The van der Waals surface area contributed by atoms with Crippen molar-refractivity contribution in [2.24, 2.45) is 17.8 Å². The first kappa shape index (κ1) is 53.9. The van der Waals surface area contributed by atoms with Gasteiger partial charge in [-0.1, -0.05) is 185 Å². The van der Waals surface area contributed by atoms with E-state index in [1.165, 1.54) is 0 Å². The summed E-state index contributed by atoms with van der Waals surface area (Å²) in [5.41, 5.74) is 0.956. The van der Waals surface area contributed by atoms with Gasteiger partial charge in [-0.2, -0.15) is 11.3 Å². The maximum Gasteiger partial charge on any atom is 0.133 e. The lowest BCUT2D eigenvalue weighted by Gasteiger charge is -1.81. The Kier molecular flexibility index (Phi) is 66.8. The highest BCUT2D eigenvalue weighted by Gasteiger charge is 1.89. The molecule has 0 aliphatic rings. The first-order valence-electron chi connectivity index (χ1n) is 14.6. The molecule has 40 heavy (non-hydrogen) atoms. The Morgan fingerprint density at radius 1 is 0.450 bits per heavy atom. The molecule has 4 aromatic rings. The predicted octanol–water partition coefficient (Wildman–Crippen LogP) is 15.2. The molecule has 2 heterocycles. The van der Waals surface area contributed by atoms with Crippen molar-refractivity contribution >= 4 is 22.3 Å². The van der Waals surface area contributed by atoms with Crippen LogP contribution in [0, 0.1) is 17.8 Å². The second-order valence-electron chi connectivity index (χ2n) is 9.10. The minimum atomic E-state index is 0. The summed E-state index contributed by atoms with van der Waals surface area (Å²) in [5.74, 6) is 2.50. The number of thiophene rings is 1. The van der Waals surface area contributed by atoms with E-state index in [1.807, 2.05) is 131 Å². The zero-order valence-corrected chi connectivity index (χ0v) is 28.6. The van der Waals surface area contributed by atoms with Gasteiger partial charge in [0.05, 0.1) is 6.26 Å². The van der Waals surface area contributed by atoms with Crippen molar-refractivity contribution in [2.45, 2.75) is 119 Å². The molecule has 0 fully saturated rings. The molecular formula is C38H72OS. The van der Waals surface area contributed by atoms with Crippen LogP contribution < -0.4 is 0 Å². The quantitative estimate of drug-likeness (QED) is 0.203. The van der Waals surface area contributed by atoms with E-state index in [2.05, 4.69) is 62.3 Å². The van der Waals surface area contributed by atoms with E-state index in [9.17, 15) is 0 Å². The van der Waals surface area contributed by atoms with Crippen LogP contribution in [0.2, 0.25) is 0 Å². The Labute approximate surface area is 258 Å². The molecule has 1 nitrogen and oxygen atoms in total. The lowest BCUT2D eigenvalue weighted by atomic mass is 10.3. The van der Waals surface area contributed by atoms with Crippen LogP contribution in [0.5, 0.6) is 0 Å². The van der Waals surface area contributed by atoms with Gasteiger partial charge >= 0.3 is 0 Å². The van der Waals surface area contributed by atoms with Gasteiger partial charge in [-0.25, -0.2) is 0 Å². The molecule has 0 radical (unpaired) electrons. The van der Waals surface area contributed by atoms with Gasteiger partial charge < -0.3 is 4.42 Å². The lowest BCUT2D eigenvalue weighted by Crippen LogP contribution is -1.66. The zero-order chi connectivity index (χ0) is 30.6. The molecule has 0 aliphatic heterocycles. The van der Waals surface area contributed by atoms with Crippen LogP contribution in [0.3, 0.4) is 0 Å². The van der Waals surface area contributed by atoms with Crippen molar-refractivity contribution in [2.75, 3.05) is 0 Å². The van der Waals surface area contributed by atoms with Crippen LogP contribution in [0.1, 0.15) is 119 Å². The molecule has 2 aromatic heterocycles. The Balaban J connectivity index is -0.0000000641. The van der Waals surface area contributed by atoms with Gasteiger partial charge in [-0.05, 0) is 40.6 Å². The summed E-state index contributed by atoms with van der Waals surface area (Å²) in [6, 6.07) is 25.9. The second kappa shape index (κ2) is 49.6. The highest BCUT2D eigenvalue weighted by atomic mass is 32.1. The molecule has 0 unspecified atom stereocenters. The third-order valence-electron chi connectivity index (χ3n) is 2.45. The standard InChI is InChI=1S/C8H6O.C6H6.C4H4S.3C4H10.3C2H6.2CH4/c1-2-4-8-7(3-1)5-6-9-8;1-2-4-6-5-3-1;1-2-4-5-3-1;3*1-4(2)3;3*1-2;;/h1-6H;1-6H;1-4H;3*4H,1-3H3;3*1-2H3;2*1H4. The summed E-state index contributed by atoms with van der Waals surface area (Å²) in [7, 11) is 0. The number of benzene rings is 2. The van der Waals surface area contributed by atoms with Crippen molar-refractivity contribution in [1.82, 2.24) is 0 Å². The van der Waals surface area contributed by atoms with Crippen molar-refractivity contribution < 1.29 is 4.42 Å². The van der Waals surface area contributed by atoms with Gasteiger partial charge in [0, 0.05) is 5.39 Å². The summed E-state index contributed by atoms with van der Waals surface area (Å²) < 4.78 is 5.12. The summed E-state index contributed by atoms with van der Waals surface area (Å²) in [6.07, 6.45) is 1.70. The molecule has 0 saturated heterocycles. The molecule has 0 amide bonds. The van der Waals surface area contributed by atoms with E-state index in [-0.39, 0.29) is 14.9 Å². The summed E-state index contributed by atoms with van der Waals surface area (Å²) >= 11 is 1.71. The van der Waals surface area contributed by atoms with Crippen LogP contribution >= 0.6 is 11.3 Å². The van der Waals surface area contributed by atoms with E-state index in [0.29, 0.717) is 0 Å². The van der Waals surface area contributed by atoms with E-state index in [4.69, 9.17) is 4.42 Å². The summed E-state index contributed by atoms with van der Waals surface area (Å²) in [4.78, 5) is 0. The first-order chi connectivity index (χ1) is 18.2. The Hall–Kier alpha value is -2.32. The molecule has 0 saturated carbocycles. The van der Waals surface area contributed by atoms with Crippen LogP contribution in [-0.4, -0.2) is 0 Å². The fourth-order valence-corrected chi connectivity index (χ4v) is 1.97. The van der Waals surface area contributed by atoms with E-state index >= 15 is 0 Å². The third-order valence-corrected chi connectivity index (χ3v) is 3.08. The average Bonchev–Trinajstić information content (AvgIpc) is 3.64. The van der Waals surface area contributed by atoms with Gasteiger partial charge in [-0.15, -0.1) is 0 Å². The number of rotatable bonds is 0. The van der Waals surface area contributed by atoms with E-state index in [0.717, 1.165) is 28.7 Å². The smallest absolute Gasteiger partial charge is 0.133 e. The molecule has 2 heteroatoms. The van der Waals surface area contributed by atoms with Crippen LogP contribution in [0.25, 0.3) is 11.0 Å². The van der Waals surface area contributed by atoms with Crippen LogP contribution in [0.15, 0.2) is 100 Å². The van der Waals surface area contributed by atoms with Crippen molar-refractivity contribution in [3.63, 3.8) is 0 Å². The van der Waals surface area contributed by atoms with E-state index < -0.39 is 0 Å². The molecule has 2 aromatic carbocycles. The molecule has 236 valence electrons. The van der Waals surface area contributed by atoms with E-state index in [1.54, 1.807) is 17.6 Å². The molecule has 0 spiro atoms. The minimum absolute atomic E-state index is 0. The summed E-state index contributed by atoms with van der Waals surface area (Å²) in [5, 5.41) is 5.25. The maximum absolute atomic E-state index is 5.12. The summed E-state index contributed by atoms with van der Waals surface area (Å²) in [6.45, 7) is 31.5. The molecule has 4 rings (SSSR count). The monoisotopic (exact) mass is 577 g/mol. The van der Waals surface area contributed by atoms with Crippen molar-refractivity contribution in [3.05, 3.63) is 95.9 Å². The normalized spacial score (nSPS) is 7.65. The maximum atomic E-state index is 5.12. The van der Waals surface area contributed by atoms with Crippen molar-refractivity contribution in [3.8, 4) is 0 Å². The Morgan fingerprint density at radius 3 is 1.00 bits per heavy atom. The number of furan rings is 1. The first-order valence-corrected chi connectivity index (χ1v) is 15.5. The van der Waals surface area contributed by atoms with Crippen LogP contribution in [-0.2, 0) is 0 Å². The molecular weight excluding hydrogens is 504 g/mol. The fraction of sp³-hybridized carbons (Fsp3) is 0.526. The molecule has 0 atom stereocenters. The number of para-hydroxylation sites is 1. The van der Waals surface area contributed by atoms with Gasteiger partial charge in [0.2, 0.25) is 0 Å². The molecule has 0 N–H and O–H groups in total. The lowest BCUT2D eigenvalue weighted by molar-refractivity contribution is 0.616. The third kappa shape index (κ3) is 65.1. The van der Waals surface area contributed by atoms with Gasteiger partial charge in [0.1, 0.15) is 5.58 Å². The fourth-order valence-electron chi connectivity index (χ4n) is 1.52. The van der Waals surface area contributed by atoms with Gasteiger partial charge in [0.25, 0.3) is 0 Å².